The van der Waals surface area contributed by atoms with Crippen LogP contribution >= 0.6 is 0 Å². The standard InChI is InChI=1S/C92H82O6/c1-9-19-79-55-75(39-47-87(79)93-59-67-23-15-13-16-24-67)77-41-49-89(81(57-77)21-11-3)95-61-69-27-31-71(32-28-69)73-35-43-85(44-36-73)97-91-63(5)51-83(52-64(91)6)84-53-65(7)92(66(8)54-84)98-86-45-37-74(38-46-86)72-33-29-70(30-34-72)62-96-90-50-42-78(58-82(90)22-12-4)76-40-48-88(80(56-76)20-10-2)94-60-68-25-17-14-18-26-68/h9-18,23-58H,1-4,19-22,59-62H2,5-8H3. The second kappa shape index (κ2) is 31.8. The molecule has 0 unspecified atom stereocenters. The van der Waals surface area contributed by atoms with Gasteiger partial charge >= 0.3 is 0 Å². The van der Waals surface area contributed by atoms with Crippen LogP contribution in [0, 0.1) is 27.7 Å². The first-order valence-corrected chi connectivity index (χ1v) is 33.5. The van der Waals surface area contributed by atoms with Gasteiger partial charge in [0, 0.05) is 0 Å². The molecule has 0 heterocycles. The van der Waals surface area contributed by atoms with Gasteiger partial charge < -0.3 is 28.4 Å². The average molecular weight is 1280 g/mol. The third-order valence-corrected chi connectivity index (χ3v) is 17.6. The number of hydrogen-bond acceptors (Lipinski definition) is 6. The van der Waals surface area contributed by atoms with E-state index in [4.69, 9.17) is 28.4 Å². The zero-order valence-electron chi connectivity index (χ0n) is 56.5. The van der Waals surface area contributed by atoms with Crippen LogP contribution in [0.1, 0.15) is 66.8 Å². The molecule has 0 amide bonds. The van der Waals surface area contributed by atoms with Gasteiger partial charge in [-0.1, -0.05) is 182 Å². The Morgan fingerprint density at radius 3 is 0.735 bits per heavy atom. The lowest BCUT2D eigenvalue weighted by Crippen LogP contribution is -2.00. The Hall–Kier alpha value is -11.6. The van der Waals surface area contributed by atoms with Gasteiger partial charge in [-0.15, -0.1) is 26.3 Å². The summed E-state index contributed by atoms with van der Waals surface area (Å²) in [4.78, 5) is 0. The minimum absolute atomic E-state index is 0.442. The van der Waals surface area contributed by atoms with Crippen molar-refractivity contribution in [3.8, 4) is 102 Å². The molecule has 0 spiro atoms. The molecule has 0 aliphatic heterocycles. The lowest BCUT2D eigenvalue weighted by molar-refractivity contribution is 0.303. The van der Waals surface area contributed by atoms with E-state index in [9.17, 15) is 0 Å². The minimum atomic E-state index is 0.442. The summed E-state index contributed by atoms with van der Waals surface area (Å²) in [6.45, 7) is 26.4. The fraction of sp³-hybridized carbons (Fsp3) is 0.130. The molecule has 486 valence electrons. The van der Waals surface area contributed by atoms with Crippen LogP contribution in [0.2, 0.25) is 0 Å². The predicted octanol–water partition coefficient (Wildman–Crippen LogP) is 24.1. The quantitative estimate of drug-likeness (QED) is 0.0436. The topological polar surface area (TPSA) is 55.4 Å². The first-order valence-electron chi connectivity index (χ1n) is 33.5. The number of benzene rings is 12. The Bertz CT molecular complexity index is 4410. The van der Waals surface area contributed by atoms with Crippen LogP contribution in [-0.2, 0) is 52.1 Å². The largest absolute Gasteiger partial charge is 0.489 e. The smallest absolute Gasteiger partial charge is 0.133 e. The van der Waals surface area contributed by atoms with E-state index in [1.165, 1.54) is 0 Å². The molecule has 0 atom stereocenters. The zero-order chi connectivity index (χ0) is 67.7. The monoisotopic (exact) mass is 1280 g/mol. The lowest BCUT2D eigenvalue weighted by Gasteiger charge is -2.17. The van der Waals surface area contributed by atoms with E-state index in [1.807, 2.05) is 85.0 Å². The summed E-state index contributed by atoms with van der Waals surface area (Å²) < 4.78 is 38.7. The molecule has 0 saturated carbocycles. The molecule has 12 aromatic carbocycles. The van der Waals surface area contributed by atoms with Gasteiger partial charge in [0.05, 0.1) is 0 Å². The van der Waals surface area contributed by atoms with Gasteiger partial charge in [-0.25, -0.2) is 0 Å². The van der Waals surface area contributed by atoms with Crippen LogP contribution in [-0.4, -0.2) is 0 Å². The van der Waals surface area contributed by atoms with Crippen LogP contribution in [0.4, 0.5) is 0 Å². The molecule has 0 saturated heterocycles. The molecule has 0 aliphatic rings. The predicted molar refractivity (Wildman–Crippen MR) is 404 cm³/mol. The molecule has 0 bridgehead atoms. The van der Waals surface area contributed by atoms with Gasteiger partial charge in [0.25, 0.3) is 0 Å². The second-order valence-corrected chi connectivity index (χ2v) is 24.9. The van der Waals surface area contributed by atoms with E-state index in [0.717, 1.165) is 168 Å². The summed E-state index contributed by atoms with van der Waals surface area (Å²) in [5.74, 6) is 6.69. The Balaban J connectivity index is 0.625. The van der Waals surface area contributed by atoms with Crippen LogP contribution in [0.15, 0.2) is 305 Å². The average Bonchev–Trinajstić information content (AvgIpc) is 0.821. The highest BCUT2D eigenvalue weighted by molar-refractivity contribution is 5.73. The minimum Gasteiger partial charge on any atom is -0.489 e. The third-order valence-electron chi connectivity index (χ3n) is 17.6. The van der Waals surface area contributed by atoms with Crippen LogP contribution in [0.3, 0.4) is 0 Å². The first-order chi connectivity index (χ1) is 48.0. The van der Waals surface area contributed by atoms with Gasteiger partial charge in [0.2, 0.25) is 0 Å². The van der Waals surface area contributed by atoms with Crippen molar-refractivity contribution in [3.05, 3.63) is 372 Å². The van der Waals surface area contributed by atoms with Crippen LogP contribution in [0.25, 0.3) is 55.6 Å². The Morgan fingerprint density at radius 1 is 0.245 bits per heavy atom. The lowest BCUT2D eigenvalue weighted by atomic mass is 9.96. The van der Waals surface area contributed by atoms with Gasteiger partial charge in [0.1, 0.15) is 72.4 Å². The maximum atomic E-state index is 6.60. The van der Waals surface area contributed by atoms with Crippen molar-refractivity contribution >= 4 is 0 Å². The van der Waals surface area contributed by atoms with Crippen molar-refractivity contribution in [1.29, 1.82) is 0 Å². The molecule has 0 aromatic heterocycles. The van der Waals surface area contributed by atoms with E-state index < -0.39 is 0 Å². The van der Waals surface area contributed by atoms with Crippen molar-refractivity contribution < 1.29 is 28.4 Å². The molecule has 6 heteroatoms. The molecule has 0 aliphatic carbocycles. The Morgan fingerprint density at radius 2 is 0.480 bits per heavy atom. The summed E-state index contributed by atoms with van der Waals surface area (Å²) >= 11 is 0. The van der Waals surface area contributed by atoms with Crippen molar-refractivity contribution in [3.63, 3.8) is 0 Å². The van der Waals surface area contributed by atoms with E-state index in [2.05, 4.69) is 248 Å². The highest BCUT2D eigenvalue weighted by Crippen LogP contribution is 2.40. The fourth-order valence-corrected chi connectivity index (χ4v) is 12.5. The van der Waals surface area contributed by atoms with Crippen molar-refractivity contribution in [2.75, 3.05) is 0 Å². The SMILES string of the molecule is C=CCc1cc(-c2ccc(OCc3ccc(-c4ccc(Oc5c(C)cc(-c6cc(C)c(Oc7ccc(-c8ccc(COc9ccc(-c%10ccc(OCc%11ccccc%11)c(CC=C)c%10)cc9CC=C)cc8)cc7)c(C)c6)cc5C)cc4)cc3)c(CC=C)c2)ccc1OCc1ccccc1. The van der Waals surface area contributed by atoms with Crippen molar-refractivity contribution in [2.45, 2.75) is 79.8 Å². The maximum Gasteiger partial charge on any atom is 0.133 e. The van der Waals surface area contributed by atoms with Gasteiger partial charge in [-0.3, -0.25) is 0 Å². The van der Waals surface area contributed by atoms with E-state index in [1.54, 1.807) is 0 Å². The van der Waals surface area contributed by atoms with E-state index >= 15 is 0 Å². The van der Waals surface area contributed by atoms with Crippen molar-refractivity contribution in [1.82, 2.24) is 0 Å². The summed E-state index contributed by atoms with van der Waals surface area (Å²) in [5, 5.41) is 0. The molecule has 12 aromatic rings. The Kier molecular flexibility index (Phi) is 21.5. The molecular formula is C92H82O6. The summed E-state index contributed by atoms with van der Waals surface area (Å²) in [7, 11) is 0. The number of aryl methyl sites for hydroxylation is 4. The molecule has 0 radical (unpaired) electrons. The third kappa shape index (κ3) is 16.5. The van der Waals surface area contributed by atoms with Crippen molar-refractivity contribution in [2.24, 2.45) is 0 Å². The molecular weight excluding hydrogens is 1200 g/mol. The van der Waals surface area contributed by atoms with Gasteiger partial charge in [-0.05, 0) is 273 Å². The van der Waals surface area contributed by atoms with E-state index in [-0.39, 0.29) is 0 Å². The highest BCUT2D eigenvalue weighted by Gasteiger charge is 2.17. The fourth-order valence-electron chi connectivity index (χ4n) is 12.5. The zero-order valence-corrected chi connectivity index (χ0v) is 56.5. The highest BCUT2D eigenvalue weighted by atomic mass is 16.5. The number of allylic oxidation sites excluding steroid dienone is 4. The summed E-state index contributed by atoms with van der Waals surface area (Å²) in [6, 6.07) is 88.6. The number of rotatable bonds is 29. The molecule has 0 N–H and O–H groups in total. The molecule has 12 rings (SSSR count). The number of ether oxygens (including phenoxy) is 6. The van der Waals surface area contributed by atoms with Gasteiger partial charge in [0.15, 0.2) is 0 Å². The van der Waals surface area contributed by atoms with Gasteiger partial charge in [-0.2, -0.15) is 0 Å². The molecule has 98 heavy (non-hydrogen) atoms. The molecule has 0 fully saturated rings. The van der Waals surface area contributed by atoms with Crippen LogP contribution < -0.4 is 28.4 Å². The van der Waals surface area contributed by atoms with E-state index in [0.29, 0.717) is 52.1 Å². The van der Waals surface area contributed by atoms with Crippen LogP contribution in [0.5, 0.6) is 46.0 Å². The summed E-state index contributed by atoms with van der Waals surface area (Å²) in [5.41, 5.74) is 24.2. The normalized spacial score (nSPS) is 10.9. The second-order valence-electron chi connectivity index (χ2n) is 24.9. The maximum absolute atomic E-state index is 6.60. The Labute approximate surface area is 578 Å². The first kappa shape index (κ1) is 66.4. The summed E-state index contributed by atoms with van der Waals surface area (Å²) in [6.07, 6.45) is 10.5. The molecule has 6 nitrogen and oxygen atoms in total. The number of hydrogen-bond donors (Lipinski definition) is 0.